The Balaban J connectivity index is 3.39. The molecule has 1 aromatic rings. The van der Waals surface area contributed by atoms with E-state index in [1.165, 1.54) is 6.07 Å². The van der Waals surface area contributed by atoms with Gasteiger partial charge in [0.2, 0.25) is 0 Å². The van der Waals surface area contributed by atoms with Crippen LogP contribution in [0.25, 0.3) is 0 Å². The summed E-state index contributed by atoms with van der Waals surface area (Å²) < 4.78 is 14.8. The summed E-state index contributed by atoms with van der Waals surface area (Å²) in [4.78, 5) is 0. The quantitative estimate of drug-likeness (QED) is 0.702. The Bertz CT molecular complexity index is 315. The molecule has 0 aromatic heterocycles. The Kier molecular flexibility index (Phi) is 1.75. The molecule has 0 aliphatic rings. The molecule has 0 fully saturated rings. The summed E-state index contributed by atoms with van der Waals surface area (Å²) in [7, 11) is 0. The van der Waals surface area contributed by atoms with Crippen molar-refractivity contribution in [3.63, 3.8) is 0 Å². The van der Waals surface area contributed by atoms with Gasteiger partial charge in [0, 0.05) is 6.54 Å². The summed E-state index contributed by atoms with van der Waals surface area (Å²) in [6, 6.07) is 1.68. The van der Waals surface area contributed by atoms with E-state index in [4.69, 9.17) is 31.7 Å². The topological polar surface area (TPSA) is 26.0 Å². The zero-order chi connectivity index (χ0) is 9.30. The molecule has 1 nitrogen and oxygen atoms in total. The maximum absolute atomic E-state index is 7.45. The smallest absolute Gasteiger partial charge is 0.0642 e. The molecule has 0 aliphatic heterocycles. The second-order valence-electron chi connectivity index (χ2n) is 1.77. The highest BCUT2D eigenvalue weighted by Crippen LogP contribution is 2.21. The summed E-state index contributed by atoms with van der Waals surface area (Å²) in [6.07, 6.45) is 0. The van der Waals surface area contributed by atoms with Gasteiger partial charge in [-0.1, -0.05) is 29.3 Å². The minimum atomic E-state index is 0.101. The van der Waals surface area contributed by atoms with Gasteiger partial charge in [0.15, 0.2) is 0 Å². The first-order chi connectivity index (χ1) is 5.57. The zero-order valence-corrected chi connectivity index (χ0v) is 6.63. The van der Waals surface area contributed by atoms with Crippen molar-refractivity contribution in [3.8, 4) is 0 Å². The van der Waals surface area contributed by atoms with Crippen LogP contribution in [0.2, 0.25) is 10.0 Å². The normalized spacial score (nSPS) is 12.7. The molecule has 0 radical (unpaired) electrons. The Morgan fingerprint density at radius 3 is 2.80 bits per heavy atom. The van der Waals surface area contributed by atoms with Crippen LogP contribution in [0.1, 0.15) is 8.30 Å². The first-order valence-corrected chi connectivity index (χ1v) is 3.47. The van der Waals surface area contributed by atoms with E-state index in [0.717, 1.165) is 0 Å². The minimum absolute atomic E-state index is 0.101. The van der Waals surface area contributed by atoms with E-state index in [1.54, 1.807) is 0 Å². The van der Waals surface area contributed by atoms with Crippen LogP contribution in [-0.4, -0.2) is 0 Å². The molecule has 0 amide bonds. The summed E-state index contributed by atoms with van der Waals surface area (Å²) in [5.41, 5.74) is 5.87. The van der Waals surface area contributed by atoms with Crippen molar-refractivity contribution >= 4 is 23.2 Å². The monoisotopic (exact) mass is 177 g/mol. The number of nitrogens with two attached hydrogens (primary N) is 1. The SMILES string of the molecule is [2H]c1cc(CN)c([2H])c(Cl)c1Cl. The Hall–Kier alpha value is -0.240. The lowest BCUT2D eigenvalue weighted by molar-refractivity contribution is 1.07. The lowest BCUT2D eigenvalue weighted by Crippen LogP contribution is -1.95. The number of rotatable bonds is 1. The van der Waals surface area contributed by atoms with Crippen molar-refractivity contribution < 1.29 is 2.74 Å². The van der Waals surface area contributed by atoms with E-state index in [9.17, 15) is 0 Å². The van der Waals surface area contributed by atoms with E-state index in [1.807, 2.05) is 0 Å². The Morgan fingerprint density at radius 2 is 2.20 bits per heavy atom. The van der Waals surface area contributed by atoms with Crippen LogP contribution in [0.15, 0.2) is 18.2 Å². The van der Waals surface area contributed by atoms with Gasteiger partial charge >= 0.3 is 0 Å². The first kappa shape index (κ1) is 5.42. The van der Waals surface area contributed by atoms with Crippen LogP contribution in [0, 0.1) is 0 Å². The van der Waals surface area contributed by atoms with Crippen LogP contribution < -0.4 is 5.73 Å². The number of hydrogen-bond donors (Lipinski definition) is 1. The van der Waals surface area contributed by atoms with Gasteiger partial charge in [-0.2, -0.15) is 0 Å². The third-order valence-electron chi connectivity index (χ3n) is 1.06. The average Bonchev–Trinajstić information content (AvgIpc) is 2.08. The molecule has 0 unspecified atom stereocenters. The second kappa shape index (κ2) is 3.24. The Labute approximate surface area is 72.6 Å². The molecule has 0 heterocycles. The van der Waals surface area contributed by atoms with Gasteiger partial charge in [0.05, 0.1) is 12.8 Å². The van der Waals surface area contributed by atoms with E-state index < -0.39 is 0 Å². The van der Waals surface area contributed by atoms with Crippen molar-refractivity contribution in [2.45, 2.75) is 6.54 Å². The molecule has 0 aliphatic carbocycles. The van der Waals surface area contributed by atoms with Crippen LogP contribution in [0.4, 0.5) is 0 Å². The largest absolute Gasteiger partial charge is 0.326 e. The highest BCUT2D eigenvalue weighted by Gasteiger charge is 1.96. The van der Waals surface area contributed by atoms with Gasteiger partial charge in [-0.05, 0) is 17.6 Å². The highest BCUT2D eigenvalue weighted by molar-refractivity contribution is 6.41. The van der Waals surface area contributed by atoms with Crippen molar-refractivity contribution in [1.29, 1.82) is 0 Å². The number of benzene rings is 1. The fourth-order valence-corrected chi connectivity index (χ4v) is 0.833. The molecule has 0 atom stereocenters. The highest BCUT2D eigenvalue weighted by atomic mass is 35.5. The van der Waals surface area contributed by atoms with Gasteiger partial charge in [-0.15, -0.1) is 0 Å². The maximum atomic E-state index is 7.45. The predicted molar refractivity (Wildman–Crippen MR) is 44.4 cm³/mol. The first-order valence-electron chi connectivity index (χ1n) is 3.72. The fraction of sp³-hybridized carbons (Fsp3) is 0.143. The number of hydrogen-bond acceptors (Lipinski definition) is 1. The molecule has 2 N–H and O–H groups in total. The zero-order valence-electron chi connectivity index (χ0n) is 7.12. The Morgan fingerprint density at radius 1 is 1.50 bits per heavy atom. The van der Waals surface area contributed by atoms with Crippen molar-refractivity contribution in [2.75, 3.05) is 0 Å². The van der Waals surface area contributed by atoms with Gasteiger partial charge in [0.1, 0.15) is 0 Å². The van der Waals surface area contributed by atoms with E-state index in [0.29, 0.717) is 5.56 Å². The van der Waals surface area contributed by atoms with Crippen molar-refractivity contribution in [3.05, 3.63) is 33.8 Å². The van der Waals surface area contributed by atoms with Gasteiger partial charge in [-0.3, -0.25) is 0 Å². The van der Waals surface area contributed by atoms with Crippen LogP contribution in [-0.2, 0) is 6.54 Å². The summed E-state index contributed by atoms with van der Waals surface area (Å²) in [6.45, 7) is 0.196. The average molecular weight is 178 g/mol. The van der Waals surface area contributed by atoms with Crippen LogP contribution >= 0.6 is 23.2 Å². The van der Waals surface area contributed by atoms with Crippen molar-refractivity contribution in [2.24, 2.45) is 5.73 Å². The van der Waals surface area contributed by atoms with E-state index in [2.05, 4.69) is 0 Å². The molecule has 1 aromatic carbocycles. The second-order valence-corrected chi connectivity index (χ2v) is 2.53. The summed E-state index contributed by atoms with van der Waals surface area (Å²) in [5.74, 6) is 0. The molecule has 0 saturated carbocycles. The summed E-state index contributed by atoms with van der Waals surface area (Å²) >= 11 is 11.3. The van der Waals surface area contributed by atoms with E-state index in [-0.39, 0.29) is 28.7 Å². The molecule has 10 heavy (non-hydrogen) atoms. The molecule has 3 heteroatoms. The van der Waals surface area contributed by atoms with Crippen LogP contribution in [0.5, 0.6) is 0 Å². The van der Waals surface area contributed by atoms with Gasteiger partial charge in [-0.25, -0.2) is 0 Å². The molecule has 0 saturated heterocycles. The maximum Gasteiger partial charge on any atom is 0.0642 e. The molecule has 0 bridgehead atoms. The van der Waals surface area contributed by atoms with Crippen molar-refractivity contribution in [1.82, 2.24) is 0 Å². The fourth-order valence-electron chi connectivity index (χ4n) is 0.556. The molecular formula is C7H7Cl2N. The molecule has 54 valence electrons. The lowest BCUT2D eigenvalue weighted by Gasteiger charge is -1.97. The number of halogens is 2. The van der Waals surface area contributed by atoms with Gasteiger partial charge in [0.25, 0.3) is 0 Å². The third-order valence-corrected chi connectivity index (χ3v) is 1.73. The third kappa shape index (κ3) is 1.63. The molecule has 1 rings (SSSR count). The standard InChI is InChI=1S/C7H7Cl2N/c8-6-2-1-5(4-10)3-7(6)9/h1-3H,4,10H2/i2D,3D. The molecule has 0 spiro atoms. The van der Waals surface area contributed by atoms with Crippen LogP contribution in [0.3, 0.4) is 0 Å². The minimum Gasteiger partial charge on any atom is -0.326 e. The predicted octanol–water partition coefficient (Wildman–Crippen LogP) is 2.45. The molecular weight excluding hydrogens is 169 g/mol. The lowest BCUT2D eigenvalue weighted by atomic mass is 10.2. The summed E-state index contributed by atoms with van der Waals surface area (Å²) in [5, 5.41) is 0.212. The van der Waals surface area contributed by atoms with E-state index >= 15 is 0 Å². The van der Waals surface area contributed by atoms with Gasteiger partial charge < -0.3 is 5.73 Å².